The number of morpholine rings is 1. The molecule has 0 radical (unpaired) electrons. The highest BCUT2D eigenvalue weighted by atomic mass is 16.5. The summed E-state index contributed by atoms with van der Waals surface area (Å²) in [4.78, 5) is 33.0. The van der Waals surface area contributed by atoms with Gasteiger partial charge >= 0.3 is 6.03 Å². The second kappa shape index (κ2) is 9.87. The average Bonchev–Trinajstić information content (AvgIpc) is 3.48. The van der Waals surface area contributed by atoms with Crippen molar-refractivity contribution in [1.29, 1.82) is 0 Å². The summed E-state index contributed by atoms with van der Waals surface area (Å²) >= 11 is 0. The Bertz CT molecular complexity index is 1300. The Kier molecular flexibility index (Phi) is 6.32. The maximum atomic E-state index is 13.3. The topological polar surface area (TPSA) is 105 Å². The third-order valence-corrected chi connectivity index (χ3v) is 5.83. The summed E-state index contributed by atoms with van der Waals surface area (Å²) in [5.41, 5.74) is 2.93. The number of amides is 3. The molecular weight excluding hydrogens is 446 g/mol. The van der Waals surface area contributed by atoms with Gasteiger partial charge in [-0.25, -0.2) is 9.48 Å². The Balaban J connectivity index is 1.50. The molecule has 0 bridgehead atoms. The molecule has 2 aliphatic rings. The lowest BCUT2D eigenvalue weighted by atomic mass is 10.1. The number of hydrogen-bond acceptors (Lipinski definition) is 6. The van der Waals surface area contributed by atoms with E-state index in [9.17, 15) is 9.59 Å². The van der Waals surface area contributed by atoms with Gasteiger partial charge in [0.15, 0.2) is 5.82 Å². The molecule has 0 saturated carbocycles. The van der Waals surface area contributed by atoms with Crippen molar-refractivity contribution >= 4 is 29.3 Å². The minimum atomic E-state index is -0.334. The molecule has 35 heavy (non-hydrogen) atoms. The van der Waals surface area contributed by atoms with Crippen LogP contribution in [0, 0.1) is 11.8 Å². The summed E-state index contributed by atoms with van der Waals surface area (Å²) in [5, 5.41) is 9.69. The molecule has 0 atom stereocenters. The lowest BCUT2D eigenvalue weighted by Gasteiger charge is -2.27. The molecular formula is C25H25N7O3. The molecule has 2 aliphatic heterocycles. The Labute approximate surface area is 202 Å². The number of fused-ring (bicyclic) bond motifs is 1. The number of aromatic nitrogens is 3. The van der Waals surface area contributed by atoms with Crippen molar-refractivity contribution < 1.29 is 14.3 Å². The molecule has 3 aromatic rings. The average molecular weight is 472 g/mol. The van der Waals surface area contributed by atoms with Gasteiger partial charge in [0, 0.05) is 67.5 Å². The van der Waals surface area contributed by atoms with Crippen molar-refractivity contribution in [2.24, 2.45) is 0 Å². The molecule has 10 nitrogen and oxygen atoms in total. The van der Waals surface area contributed by atoms with E-state index in [1.165, 1.54) is 0 Å². The maximum absolute atomic E-state index is 13.3. The molecule has 1 fully saturated rings. The number of benzene rings is 1. The number of rotatable bonds is 3. The van der Waals surface area contributed by atoms with Crippen LogP contribution in [0.25, 0.3) is 0 Å². The molecule has 5 rings (SSSR count). The Morgan fingerprint density at radius 2 is 1.86 bits per heavy atom. The monoisotopic (exact) mass is 471 g/mol. The number of carbonyl (C=O) groups is 2. The molecule has 4 heterocycles. The van der Waals surface area contributed by atoms with E-state index < -0.39 is 0 Å². The van der Waals surface area contributed by atoms with Gasteiger partial charge in [0.25, 0.3) is 5.91 Å². The van der Waals surface area contributed by atoms with Crippen LogP contribution in [-0.2, 0) is 11.3 Å². The zero-order valence-electron chi connectivity index (χ0n) is 19.3. The van der Waals surface area contributed by atoms with Gasteiger partial charge in [-0.3, -0.25) is 15.1 Å². The number of anilines is 3. The highest BCUT2D eigenvalue weighted by Crippen LogP contribution is 2.33. The van der Waals surface area contributed by atoms with Gasteiger partial charge in [-0.05, 0) is 30.3 Å². The number of nitrogens with one attached hydrogen (secondary N) is 2. The SMILES string of the molecule is CNC(=O)Nc1cc2n(n1)CCN2c1cc(C#Cc2cccnc2)cc(C(=O)N2CCOCC2)c1. The van der Waals surface area contributed by atoms with Gasteiger partial charge < -0.3 is 19.9 Å². The molecule has 0 unspecified atom stereocenters. The van der Waals surface area contributed by atoms with Crippen LogP contribution in [0.15, 0.2) is 48.8 Å². The smallest absolute Gasteiger partial charge is 0.320 e. The molecule has 0 aliphatic carbocycles. The molecule has 1 saturated heterocycles. The van der Waals surface area contributed by atoms with Crippen LogP contribution in [0.3, 0.4) is 0 Å². The molecule has 10 heteroatoms. The van der Waals surface area contributed by atoms with Crippen molar-refractivity contribution in [2.75, 3.05) is 50.1 Å². The van der Waals surface area contributed by atoms with Crippen LogP contribution >= 0.6 is 0 Å². The number of ether oxygens (including phenoxy) is 1. The van der Waals surface area contributed by atoms with Gasteiger partial charge in [0.1, 0.15) is 5.82 Å². The number of pyridine rings is 1. The first-order chi connectivity index (χ1) is 17.1. The molecule has 0 spiro atoms. The van der Waals surface area contributed by atoms with Crippen LogP contribution < -0.4 is 15.5 Å². The van der Waals surface area contributed by atoms with Gasteiger partial charge in [-0.1, -0.05) is 11.8 Å². The van der Waals surface area contributed by atoms with Crippen LogP contribution in [0.5, 0.6) is 0 Å². The van der Waals surface area contributed by atoms with Crippen molar-refractivity contribution in [3.63, 3.8) is 0 Å². The number of hydrogen-bond donors (Lipinski definition) is 2. The lowest BCUT2D eigenvalue weighted by molar-refractivity contribution is 0.0303. The van der Waals surface area contributed by atoms with E-state index in [2.05, 4.69) is 37.5 Å². The summed E-state index contributed by atoms with van der Waals surface area (Å²) in [6, 6.07) is 10.9. The van der Waals surface area contributed by atoms with Gasteiger partial charge in [0.2, 0.25) is 0 Å². The minimum Gasteiger partial charge on any atom is -0.378 e. The van der Waals surface area contributed by atoms with Gasteiger partial charge in [-0.15, -0.1) is 0 Å². The summed E-state index contributed by atoms with van der Waals surface area (Å²) in [7, 11) is 1.55. The molecule has 2 aromatic heterocycles. The van der Waals surface area contributed by atoms with E-state index in [-0.39, 0.29) is 11.9 Å². The number of carbonyl (C=O) groups excluding carboxylic acids is 2. The van der Waals surface area contributed by atoms with Crippen LogP contribution in [0.4, 0.5) is 22.1 Å². The maximum Gasteiger partial charge on any atom is 0.320 e. The standard InChI is InChI=1S/C25H25N7O3/c1-26-25(34)28-22-16-23-31(7-8-32(23)29-22)21-14-19(5-4-18-3-2-6-27-17-18)13-20(15-21)24(33)30-9-11-35-12-10-30/h2-3,6,13-17H,7-12H2,1H3,(H2,26,28,29,34). The highest BCUT2D eigenvalue weighted by Gasteiger charge is 2.26. The quantitative estimate of drug-likeness (QED) is 0.567. The lowest BCUT2D eigenvalue weighted by Crippen LogP contribution is -2.40. The fourth-order valence-corrected chi connectivity index (χ4v) is 4.09. The molecule has 1 aromatic carbocycles. The fraction of sp³-hybridized carbons (Fsp3) is 0.280. The van der Waals surface area contributed by atoms with Crippen molar-refractivity contribution in [1.82, 2.24) is 25.0 Å². The molecule has 3 amide bonds. The van der Waals surface area contributed by atoms with E-state index in [1.54, 1.807) is 24.3 Å². The predicted molar refractivity (Wildman–Crippen MR) is 131 cm³/mol. The first kappa shape index (κ1) is 22.4. The highest BCUT2D eigenvalue weighted by molar-refractivity contribution is 5.96. The van der Waals surface area contributed by atoms with E-state index in [0.29, 0.717) is 50.8 Å². The van der Waals surface area contributed by atoms with Crippen LogP contribution in [-0.4, -0.2) is 71.5 Å². The normalized spacial score (nSPS) is 14.7. The minimum absolute atomic E-state index is 0.0470. The largest absolute Gasteiger partial charge is 0.378 e. The Hall–Kier alpha value is -4.36. The molecule has 178 valence electrons. The van der Waals surface area contributed by atoms with Crippen LogP contribution in [0.1, 0.15) is 21.5 Å². The first-order valence-corrected chi connectivity index (χ1v) is 11.4. The number of nitrogens with zero attached hydrogens (tertiary/aromatic N) is 5. The predicted octanol–water partition coefficient (Wildman–Crippen LogP) is 2.05. The summed E-state index contributed by atoms with van der Waals surface area (Å²) < 4.78 is 7.24. The number of urea groups is 1. The van der Waals surface area contributed by atoms with Gasteiger partial charge in [0.05, 0.1) is 19.8 Å². The third-order valence-electron chi connectivity index (χ3n) is 5.83. The second-order valence-corrected chi connectivity index (χ2v) is 8.13. The van der Waals surface area contributed by atoms with Crippen LogP contribution in [0.2, 0.25) is 0 Å². The summed E-state index contributed by atoms with van der Waals surface area (Å²) in [6.45, 7) is 3.53. The van der Waals surface area contributed by atoms with Crippen molar-refractivity contribution in [2.45, 2.75) is 6.54 Å². The first-order valence-electron chi connectivity index (χ1n) is 11.4. The Morgan fingerprint density at radius 3 is 2.63 bits per heavy atom. The van der Waals surface area contributed by atoms with Gasteiger partial charge in [-0.2, -0.15) is 5.10 Å². The Morgan fingerprint density at radius 1 is 1.03 bits per heavy atom. The molecule has 2 N–H and O–H groups in total. The van der Waals surface area contributed by atoms with E-state index in [0.717, 1.165) is 22.6 Å². The zero-order chi connectivity index (χ0) is 24.2. The van der Waals surface area contributed by atoms with E-state index in [4.69, 9.17) is 4.74 Å². The van der Waals surface area contributed by atoms with E-state index in [1.807, 2.05) is 41.1 Å². The summed E-state index contributed by atoms with van der Waals surface area (Å²) in [5.74, 6) is 7.56. The third kappa shape index (κ3) is 4.95. The zero-order valence-corrected chi connectivity index (χ0v) is 19.3. The fourth-order valence-electron chi connectivity index (χ4n) is 4.09. The van der Waals surface area contributed by atoms with Crippen molar-refractivity contribution in [3.05, 3.63) is 65.5 Å². The summed E-state index contributed by atoms with van der Waals surface area (Å²) in [6.07, 6.45) is 3.41. The van der Waals surface area contributed by atoms with E-state index >= 15 is 0 Å². The van der Waals surface area contributed by atoms with Crippen molar-refractivity contribution in [3.8, 4) is 11.8 Å². The second-order valence-electron chi connectivity index (χ2n) is 8.13.